The van der Waals surface area contributed by atoms with Gasteiger partial charge in [-0.05, 0) is 37.3 Å². The van der Waals surface area contributed by atoms with Crippen LogP contribution in [0.3, 0.4) is 0 Å². The SMILES string of the molecule is CCCC1(Cc2nccc(NC)n2)CCCNC1. The lowest BCUT2D eigenvalue weighted by Crippen LogP contribution is -2.41. The van der Waals surface area contributed by atoms with E-state index >= 15 is 0 Å². The van der Waals surface area contributed by atoms with E-state index in [0.29, 0.717) is 5.41 Å². The molecule has 0 radical (unpaired) electrons. The zero-order chi connectivity index (χ0) is 12.8. The summed E-state index contributed by atoms with van der Waals surface area (Å²) in [5, 5.41) is 6.62. The van der Waals surface area contributed by atoms with Crippen LogP contribution in [0.25, 0.3) is 0 Å². The van der Waals surface area contributed by atoms with Gasteiger partial charge in [-0.25, -0.2) is 9.97 Å². The third-order valence-electron chi connectivity index (χ3n) is 3.84. The second-order valence-corrected chi connectivity index (χ2v) is 5.32. The van der Waals surface area contributed by atoms with Crippen molar-refractivity contribution in [3.05, 3.63) is 18.1 Å². The highest BCUT2D eigenvalue weighted by Gasteiger charge is 2.32. The molecular weight excluding hydrogens is 224 g/mol. The van der Waals surface area contributed by atoms with Crippen LogP contribution in [0.2, 0.25) is 0 Å². The van der Waals surface area contributed by atoms with Crippen molar-refractivity contribution in [1.82, 2.24) is 15.3 Å². The largest absolute Gasteiger partial charge is 0.373 e. The predicted molar refractivity (Wildman–Crippen MR) is 74.7 cm³/mol. The minimum Gasteiger partial charge on any atom is -0.373 e. The first-order chi connectivity index (χ1) is 8.78. The quantitative estimate of drug-likeness (QED) is 0.839. The van der Waals surface area contributed by atoms with Crippen molar-refractivity contribution in [3.8, 4) is 0 Å². The summed E-state index contributed by atoms with van der Waals surface area (Å²) in [6, 6.07) is 1.91. The van der Waals surface area contributed by atoms with Gasteiger partial charge in [0.05, 0.1) is 0 Å². The van der Waals surface area contributed by atoms with Crippen molar-refractivity contribution in [1.29, 1.82) is 0 Å². The maximum Gasteiger partial charge on any atom is 0.131 e. The molecule has 1 fully saturated rings. The predicted octanol–water partition coefficient (Wildman–Crippen LogP) is 2.23. The van der Waals surface area contributed by atoms with E-state index in [2.05, 4.69) is 27.5 Å². The van der Waals surface area contributed by atoms with Crippen LogP contribution >= 0.6 is 0 Å². The third-order valence-corrected chi connectivity index (χ3v) is 3.84. The average molecular weight is 248 g/mol. The number of rotatable bonds is 5. The fraction of sp³-hybridized carbons (Fsp3) is 0.714. The highest BCUT2D eigenvalue weighted by molar-refractivity contribution is 5.31. The van der Waals surface area contributed by atoms with E-state index in [1.165, 1.54) is 25.7 Å². The second kappa shape index (κ2) is 6.14. The van der Waals surface area contributed by atoms with Crippen LogP contribution in [0.5, 0.6) is 0 Å². The lowest BCUT2D eigenvalue weighted by molar-refractivity contribution is 0.184. The molecule has 1 aliphatic heterocycles. The lowest BCUT2D eigenvalue weighted by Gasteiger charge is -2.37. The minimum atomic E-state index is 0.360. The molecule has 0 bridgehead atoms. The number of hydrogen-bond acceptors (Lipinski definition) is 4. The van der Waals surface area contributed by atoms with E-state index in [1.807, 2.05) is 19.3 Å². The number of piperidine rings is 1. The fourth-order valence-corrected chi connectivity index (χ4v) is 2.97. The maximum absolute atomic E-state index is 4.56. The molecule has 100 valence electrons. The first-order valence-corrected chi connectivity index (χ1v) is 6.98. The highest BCUT2D eigenvalue weighted by atomic mass is 15.0. The van der Waals surface area contributed by atoms with Crippen LogP contribution in [0, 0.1) is 5.41 Å². The number of aromatic nitrogens is 2. The van der Waals surface area contributed by atoms with Gasteiger partial charge in [0.15, 0.2) is 0 Å². The zero-order valence-corrected chi connectivity index (χ0v) is 11.5. The number of nitrogens with zero attached hydrogens (tertiary/aromatic N) is 2. The molecule has 18 heavy (non-hydrogen) atoms. The molecule has 4 nitrogen and oxygen atoms in total. The van der Waals surface area contributed by atoms with E-state index < -0.39 is 0 Å². The molecule has 1 aromatic heterocycles. The van der Waals surface area contributed by atoms with Crippen molar-refractivity contribution in [2.24, 2.45) is 5.41 Å². The molecule has 2 rings (SSSR count). The van der Waals surface area contributed by atoms with E-state index in [-0.39, 0.29) is 0 Å². The van der Waals surface area contributed by atoms with E-state index in [9.17, 15) is 0 Å². The second-order valence-electron chi connectivity index (χ2n) is 5.32. The summed E-state index contributed by atoms with van der Waals surface area (Å²) >= 11 is 0. The molecule has 0 aromatic carbocycles. The lowest BCUT2D eigenvalue weighted by atomic mass is 9.74. The Kier molecular flexibility index (Phi) is 4.53. The van der Waals surface area contributed by atoms with Crippen LogP contribution < -0.4 is 10.6 Å². The van der Waals surface area contributed by atoms with Gasteiger partial charge >= 0.3 is 0 Å². The summed E-state index contributed by atoms with van der Waals surface area (Å²) < 4.78 is 0. The minimum absolute atomic E-state index is 0.360. The topological polar surface area (TPSA) is 49.8 Å². The van der Waals surface area contributed by atoms with Crippen LogP contribution in [-0.4, -0.2) is 30.1 Å². The molecule has 0 amide bonds. The van der Waals surface area contributed by atoms with E-state index in [4.69, 9.17) is 0 Å². The molecular formula is C14H24N4. The number of anilines is 1. The Balaban J connectivity index is 2.11. The first-order valence-electron chi connectivity index (χ1n) is 6.98. The Labute approximate surface area is 110 Å². The fourth-order valence-electron chi connectivity index (χ4n) is 2.97. The number of hydrogen-bond donors (Lipinski definition) is 2. The molecule has 0 saturated carbocycles. The van der Waals surface area contributed by atoms with Crippen molar-refractivity contribution >= 4 is 5.82 Å². The highest BCUT2D eigenvalue weighted by Crippen LogP contribution is 2.34. The van der Waals surface area contributed by atoms with Crippen LogP contribution in [0.15, 0.2) is 12.3 Å². The molecule has 1 aromatic rings. The average Bonchev–Trinajstić information content (AvgIpc) is 2.40. The molecule has 2 N–H and O–H groups in total. The van der Waals surface area contributed by atoms with E-state index in [1.54, 1.807) is 0 Å². The number of nitrogens with one attached hydrogen (secondary N) is 2. The Bertz CT molecular complexity index is 366. The molecule has 0 spiro atoms. The molecule has 1 atom stereocenters. The monoisotopic (exact) mass is 248 g/mol. The molecule has 0 aliphatic carbocycles. The Morgan fingerprint density at radius 3 is 3.06 bits per heavy atom. The molecule has 1 unspecified atom stereocenters. The van der Waals surface area contributed by atoms with Crippen LogP contribution in [-0.2, 0) is 6.42 Å². The van der Waals surface area contributed by atoms with Gasteiger partial charge in [-0.15, -0.1) is 0 Å². The molecule has 4 heteroatoms. The van der Waals surface area contributed by atoms with Crippen molar-refractivity contribution < 1.29 is 0 Å². The standard InChI is InChI=1S/C14H24N4/c1-3-6-14(7-4-8-16-11-14)10-13-17-9-5-12(15-2)18-13/h5,9,16H,3-4,6-8,10-11H2,1-2H3,(H,15,17,18). The summed E-state index contributed by atoms with van der Waals surface area (Å²) in [6.45, 7) is 4.53. The van der Waals surface area contributed by atoms with Crippen LogP contribution in [0.4, 0.5) is 5.82 Å². The van der Waals surface area contributed by atoms with Crippen molar-refractivity contribution in [2.45, 2.75) is 39.0 Å². The smallest absolute Gasteiger partial charge is 0.131 e. The summed E-state index contributed by atoms with van der Waals surface area (Å²) in [4.78, 5) is 8.99. The van der Waals surface area contributed by atoms with Gasteiger partial charge in [0.25, 0.3) is 0 Å². The van der Waals surface area contributed by atoms with Gasteiger partial charge in [-0.1, -0.05) is 13.3 Å². The van der Waals surface area contributed by atoms with Gasteiger partial charge in [0, 0.05) is 26.2 Å². The maximum atomic E-state index is 4.56. The normalized spacial score (nSPS) is 23.9. The summed E-state index contributed by atoms with van der Waals surface area (Å²) in [5.41, 5.74) is 0.360. The first kappa shape index (κ1) is 13.3. The van der Waals surface area contributed by atoms with Crippen molar-refractivity contribution in [3.63, 3.8) is 0 Å². The summed E-state index contributed by atoms with van der Waals surface area (Å²) in [5.74, 6) is 1.88. The molecule has 2 heterocycles. The molecule has 1 saturated heterocycles. The third kappa shape index (κ3) is 3.19. The van der Waals surface area contributed by atoms with Gasteiger partial charge in [0.2, 0.25) is 0 Å². The van der Waals surface area contributed by atoms with E-state index in [0.717, 1.165) is 31.2 Å². The Morgan fingerprint density at radius 1 is 1.50 bits per heavy atom. The Morgan fingerprint density at radius 2 is 2.39 bits per heavy atom. The van der Waals surface area contributed by atoms with Gasteiger partial charge in [-0.2, -0.15) is 0 Å². The van der Waals surface area contributed by atoms with Crippen LogP contribution in [0.1, 0.15) is 38.4 Å². The molecule has 1 aliphatic rings. The Hall–Kier alpha value is -1.16. The van der Waals surface area contributed by atoms with Gasteiger partial charge in [-0.3, -0.25) is 0 Å². The zero-order valence-electron chi connectivity index (χ0n) is 11.5. The van der Waals surface area contributed by atoms with Gasteiger partial charge in [0.1, 0.15) is 11.6 Å². The van der Waals surface area contributed by atoms with Crippen molar-refractivity contribution in [2.75, 3.05) is 25.5 Å². The summed E-state index contributed by atoms with van der Waals surface area (Å²) in [7, 11) is 1.90. The van der Waals surface area contributed by atoms with Gasteiger partial charge < -0.3 is 10.6 Å². The summed E-state index contributed by atoms with van der Waals surface area (Å²) in [6.07, 6.45) is 7.89.